The maximum Gasteiger partial charge on any atom is 0.255 e. The molecule has 1 rings (SSSR count). The first-order chi connectivity index (χ1) is 13.7. The highest BCUT2D eigenvalue weighted by molar-refractivity contribution is 9.10. The Balaban J connectivity index is 1.94. The molecule has 28 heavy (non-hydrogen) atoms. The fourth-order valence-corrected chi connectivity index (χ4v) is 3.84. The number of methoxy groups -OCH3 is 1. The summed E-state index contributed by atoms with van der Waals surface area (Å²) in [6.45, 7) is 3.00. The van der Waals surface area contributed by atoms with Gasteiger partial charge < -0.3 is 10.1 Å². The number of unbranched alkanes of at least 4 members (excludes halogenated alkanes) is 13. The lowest BCUT2D eigenvalue weighted by Gasteiger charge is -2.10. The zero-order chi connectivity index (χ0) is 20.5. The van der Waals surface area contributed by atoms with E-state index in [1.165, 1.54) is 83.5 Å². The molecule has 1 N–H and O–H groups in total. The summed E-state index contributed by atoms with van der Waals surface area (Å²) in [5, 5.41) is 3.00. The lowest BCUT2D eigenvalue weighted by molar-refractivity contribution is 0.0950. The topological polar surface area (TPSA) is 38.3 Å². The second kappa shape index (κ2) is 16.9. The number of carbonyl (C=O) groups is 1. The number of rotatable bonds is 17. The molecule has 0 saturated heterocycles. The summed E-state index contributed by atoms with van der Waals surface area (Å²) >= 11 is 3.41. The van der Waals surface area contributed by atoms with Gasteiger partial charge in [0.1, 0.15) is 5.75 Å². The molecule has 1 amide bonds. The van der Waals surface area contributed by atoms with Gasteiger partial charge in [-0.1, -0.05) is 106 Å². The average Bonchev–Trinajstić information content (AvgIpc) is 2.70. The number of ether oxygens (including phenoxy) is 1. The number of carbonyl (C=O) groups excluding carboxylic acids is 1. The monoisotopic (exact) mass is 453 g/mol. The van der Waals surface area contributed by atoms with Crippen molar-refractivity contribution in [2.45, 2.75) is 96.8 Å². The molecule has 0 radical (unpaired) electrons. The first-order valence-electron chi connectivity index (χ1n) is 11.3. The lowest BCUT2D eigenvalue weighted by atomic mass is 10.0. The maximum atomic E-state index is 12.3. The molecule has 1 aromatic carbocycles. The van der Waals surface area contributed by atoms with Gasteiger partial charge in [-0.25, -0.2) is 0 Å². The van der Waals surface area contributed by atoms with Crippen LogP contribution in [0, 0.1) is 0 Å². The van der Waals surface area contributed by atoms with Crippen molar-refractivity contribution in [2.24, 2.45) is 0 Å². The summed E-state index contributed by atoms with van der Waals surface area (Å²) in [4.78, 5) is 12.3. The highest BCUT2D eigenvalue weighted by Crippen LogP contribution is 2.22. The van der Waals surface area contributed by atoms with E-state index in [1.54, 1.807) is 13.2 Å². The molecular formula is C24H40BrNO2. The minimum absolute atomic E-state index is 0.0622. The average molecular weight is 454 g/mol. The molecule has 0 aliphatic carbocycles. The normalized spacial score (nSPS) is 10.8. The van der Waals surface area contributed by atoms with Crippen LogP contribution in [0.1, 0.15) is 107 Å². The van der Waals surface area contributed by atoms with Gasteiger partial charge in [0.2, 0.25) is 0 Å². The first-order valence-corrected chi connectivity index (χ1v) is 12.1. The molecular weight excluding hydrogens is 414 g/mol. The fourth-order valence-electron chi connectivity index (χ4n) is 3.47. The molecule has 0 atom stereocenters. The number of hydrogen-bond acceptors (Lipinski definition) is 2. The molecule has 3 nitrogen and oxygen atoms in total. The van der Waals surface area contributed by atoms with Crippen molar-refractivity contribution in [3.05, 3.63) is 28.2 Å². The van der Waals surface area contributed by atoms with Gasteiger partial charge in [-0.3, -0.25) is 4.79 Å². The summed E-state index contributed by atoms with van der Waals surface area (Å²) in [6, 6.07) is 5.49. The Labute approximate surface area is 181 Å². The van der Waals surface area contributed by atoms with Crippen molar-refractivity contribution in [2.75, 3.05) is 13.7 Å². The van der Waals surface area contributed by atoms with Gasteiger partial charge >= 0.3 is 0 Å². The van der Waals surface area contributed by atoms with Crippen LogP contribution in [-0.4, -0.2) is 19.6 Å². The van der Waals surface area contributed by atoms with Crippen LogP contribution in [0.5, 0.6) is 5.75 Å². The number of benzene rings is 1. The Morgan fingerprint density at radius 1 is 0.857 bits per heavy atom. The van der Waals surface area contributed by atoms with Crippen molar-refractivity contribution >= 4 is 21.8 Å². The minimum atomic E-state index is -0.0622. The summed E-state index contributed by atoms with van der Waals surface area (Å²) < 4.78 is 6.15. The SMILES string of the molecule is CCCCCCCCCCCCCCCCNC(=O)c1cc(Br)ccc1OC. The molecule has 0 heterocycles. The molecule has 0 fully saturated rings. The van der Waals surface area contributed by atoms with Crippen LogP contribution in [0.2, 0.25) is 0 Å². The van der Waals surface area contributed by atoms with Gasteiger partial charge in [-0.2, -0.15) is 0 Å². The highest BCUT2D eigenvalue weighted by atomic mass is 79.9. The number of amides is 1. The largest absolute Gasteiger partial charge is 0.496 e. The lowest BCUT2D eigenvalue weighted by Crippen LogP contribution is -2.24. The zero-order valence-electron chi connectivity index (χ0n) is 18.0. The first kappa shape index (κ1) is 25.0. The maximum absolute atomic E-state index is 12.3. The van der Waals surface area contributed by atoms with Crippen LogP contribution >= 0.6 is 15.9 Å². The fraction of sp³-hybridized carbons (Fsp3) is 0.708. The van der Waals surface area contributed by atoms with E-state index in [1.807, 2.05) is 12.1 Å². The van der Waals surface area contributed by atoms with Crippen molar-refractivity contribution in [1.82, 2.24) is 5.32 Å². The van der Waals surface area contributed by atoms with Gasteiger partial charge in [-0.15, -0.1) is 0 Å². The second-order valence-electron chi connectivity index (χ2n) is 7.70. The predicted octanol–water partition coefficient (Wildman–Crippen LogP) is 7.67. The van der Waals surface area contributed by atoms with Crippen LogP contribution in [0.25, 0.3) is 0 Å². The van der Waals surface area contributed by atoms with Crippen LogP contribution in [-0.2, 0) is 0 Å². The standard InChI is InChI=1S/C24H40BrNO2/c1-3-4-5-6-7-8-9-10-11-12-13-14-15-16-19-26-24(27)22-20-21(25)17-18-23(22)28-2/h17-18,20H,3-16,19H2,1-2H3,(H,26,27). The second-order valence-corrected chi connectivity index (χ2v) is 8.61. The summed E-state index contributed by atoms with van der Waals surface area (Å²) in [6.07, 6.45) is 18.8. The Bertz CT molecular complexity index is 533. The third-order valence-electron chi connectivity index (χ3n) is 5.22. The van der Waals surface area contributed by atoms with E-state index in [0.29, 0.717) is 11.3 Å². The summed E-state index contributed by atoms with van der Waals surface area (Å²) in [5.74, 6) is 0.550. The molecule has 0 unspecified atom stereocenters. The van der Waals surface area contributed by atoms with E-state index in [9.17, 15) is 4.79 Å². The van der Waals surface area contributed by atoms with Crippen molar-refractivity contribution in [1.29, 1.82) is 0 Å². The van der Waals surface area contributed by atoms with Crippen molar-refractivity contribution in [3.63, 3.8) is 0 Å². The van der Waals surface area contributed by atoms with E-state index in [2.05, 4.69) is 28.2 Å². The molecule has 0 aliphatic rings. The third-order valence-corrected chi connectivity index (χ3v) is 5.72. The van der Waals surface area contributed by atoms with Crippen LogP contribution in [0.4, 0.5) is 0 Å². The molecule has 0 saturated carbocycles. The Kier molecular flexibility index (Phi) is 15.1. The van der Waals surface area contributed by atoms with Crippen LogP contribution < -0.4 is 10.1 Å². The van der Waals surface area contributed by atoms with E-state index < -0.39 is 0 Å². The number of nitrogens with one attached hydrogen (secondary N) is 1. The molecule has 160 valence electrons. The smallest absolute Gasteiger partial charge is 0.255 e. The number of hydrogen-bond donors (Lipinski definition) is 1. The molecule has 0 spiro atoms. The van der Waals surface area contributed by atoms with E-state index in [-0.39, 0.29) is 5.91 Å². The van der Waals surface area contributed by atoms with Gasteiger partial charge in [0.05, 0.1) is 12.7 Å². The van der Waals surface area contributed by atoms with E-state index in [4.69, 9.17) is 4.74 Å². The molecule has 0 bridgehead atoms. The molecule has 0 aromatic heterocycles. The molecule has 0 aliphatic heterocycles. The Morgan fingerprint density at radius 2 is 1.36 bits per heavy atom. The van der Waals surface area contributed by atoms with E-state index >= 15 is 0 Å². The van der Waals surface area contributed by atoms with Crippen LogP contribution in [0.15, 0.2) is 22.7 Å². The van der Waals surface area contributed by atoms with Crippen molar-refractivity contribution in [3.8, 4) is 5.75 Å². The predicted molar refractivity (Wildman–Crippen MR) is 123 cm³/mol. The van der Waals surface area contributed by atoms with E-state index in [0.717, 1.165) is 17.4 Å². The van der Waals surface area contributed by atoms with Gasteiger partial charge in [-0.05, 0) is 24.6 Å². The quantitative estimate of drug-likeness (QED) is 0.245. The highest BCUT2D eigenvalue weighted by Gasteiger charge is 2.11. The minimum Gasteiger partial charge on any atom is -0.496 e. The Morgan fingerprint density at radius 3 is 1.86 bits per heavy atom. The summed E-state index contributed by atoms with van der Waals surface area (Å²) in [5.41, 5.74) is 0.585. The Hall–Kier alpha value is -1.03. The molecule has 1 aromatic rings. The third kappa shape index (κ3) is 11.7. The van der Waals surface area contributed by atoms with Gasteiger partial charge in [0.25, 0.3) is 5.91 Å². The van der Waals surface area contributed by atoms with Crippen LogP contribution in [0.3, 0.4) is 0 Å². The van der Waals surface area contributed by atoms with Crippen molar-refractivity contribution < 1.29 is 9.53 Å². The molecule has 4 heteroatoms. The van der Waals surface area contributed by atoms with Gasteiger partial charge in [0.15, 0.2) is 0 Å². The zero-order valence-corrected chi connectivity index (χ0v) is 19.6. The summed E-state index contributed by atoms with van der Waals surface area (Å²) in [7, 11) is 1.59. The number of halogens is 1. The van der Waals surface area contributed by atoms with Gasteiger partial charge in [0, 0.05) is 11.0 Å².